The lowest BCUT2D eigenvalue weighted by molar-refractivity contribution is -0.138. The minimum atomic E-state index is -0.724. The maximum atomic E-state index is 10.8. The topological polar surface area (TPSA) is 40.5 Å². The van der Waals surface area contributed by atoms with E-state index < -0.39 is 5.97 Å². The number of rotatable bonds is 7. The zero-order chi connectivity index (χ0) is 13.8. The van der Waals surface area contributed by atoms with Crippen LogP contribution < -0.4 is 0 Å². The Bertz CT molecular complexity index is 440. The highest BCUT2D eigenvalue weighted by molar-refractivity contribution is 5.67. The lowest BCUT2D eigenvalue weighted by atomic mass is 10.1. The van der Waals surface area contributed by atoms with Gasteiger partial charge in [0.2, 0.25) is 0 Å². The van der Waals surface area contributed by atoms with Crippen LogP contribution in [0.2, 0.25) is 0 Å². The average Bonchev–Trinajstić information content (AvgIpc) is 3.19. The SMILES string of the molecule is CCN(Cc1cccc(C2CC2)c1)C(C)CC(=O)O. The molecule has 3 heteroatoms. The molecule has 0 spiro atoms. The molecule has 1 atom stereocenters. The van der Waals surface area contributed by atoms with Gasteiger partial charge in [-0.25, -0.2) is 0 Å². The van der Waals surface area contributed by atoms with Gasteiger partial charge in [0.25, 0.3) is 0 Å². The van der Waals surface area contributed by atoms with Crippen LogP contribution in [-0.2, 0) is 11.3 Å². The third-order valence-corrected chi connectivity index (χ3v) is 3.89. The van der Waals surface area contributed by atoms with E-state index in [1.807, 2.05) is 6.92 Å². The molecule has 1 saturated carbocycles. The van der Waals surface area contributed by atoms with E-state index in [1.54, 1.807) is 0 Å². The van der Waals surface area contributed by atoms with Gasteiger partial charge in [-0.1, -0.05) is 31.2 Å². The predicted octanol–water partition coefficient (Wildman–Crippen LogP) is 3.25. The molecule has 0 radical (unpaired) electrons. The van der Waals surface area contributed by atoms with Gasteiger partial charge in [0, 0.05) is 12.6 Å². The first-order valence-electron chi connectivity index (χ1n) is 7.14. The zero-order valence-corrected chi connectivity index (χ0v) is 11.8. The molecule has 1 N–H and O–H groups in total. The van der Waals surface area contributed by atoms with Crippen molar-refractivity contribution in [2.75, 3.05) is 6.54 Å². The van der Waals surface area contributed by atoms with Gasteiger partial charge in [-0.05, 0) is 43.4 Å². The summed E-state index contributed by atoms with van der Waals surface area (Å²) in [4.78, 5) is 13.0. The molecular weight excluding hydrogens is 238 g/mol. The van der Waals surface area contributed by atoms with E-state index in [2.05, 4.69) is 36.1 Å². The molecule has 2 rings (SSSR count). The van der Waals surface area contributed by atoms with E-state index in [9.17, 15) is 4.79 Å². The first-order valence-corrected chi connectivity index (χ1v) is 7.14. The molecule has 1 aliphatic carbocycles. The Labute approximate surface area is 115 Å². The van der Waals surface area contributed by atoms with Crippen molar-refractivity contribution < 1.29 is 9.90 Å². The number of hydrogen-bond acceptors (Lipinski definition) is 2. The van der Waals surface area contributed by atoms with E-state index in [4.69, 9.17) is 5.11 Å². The molecule has 3 nitrogen and oxygen atoms in total. The van der Waals surface area contributed by atoms with Gasteiger partial charge < -0.3 is 5.11 Å². The summed E-state index contributed by atoms with van der Waals surface area (Å²) in [6.07, 6.45) is 2.84. The number of carboxylic acid groups (broad SMARTS) is 1. The van der Waals surface area contributed by atoms with Crippen molar-refractivity contribution >= 4 is 5.97 Å². The Morgan fingerprint density at radius 3 is 2.79 bits per heavy atom. The van der Waals surface area contributed by atoms with Crippen LogP contribution in [0, 0.1) is 0 Å². The smallest absolute Gasteiger partial charge is 0.304 e. The van der Waals surface area contributed by atoms with Gasteiger partial charge in [0.05, 0.1) is 6.42 Å². The lowest BCUT2D eigenvalue weighted by Crippen LogP contribution is -2.34. The highest BCUT2D eigenvalue weighted by Gasteiger charge is 2.23. The van der Waals surface area contributed by atoms with Crippen LogP contribution in [0.15, 0.2) is 24.3 Å². The molecule has 1 aromatic rings. The molecule has 1 fully saturated rings. The van der Waals surface area contributed by atoms with Gasteiger partial charge in [-0.15, -0.1) is 0 Å². The average molecular weight is 261 g/mol. The van der Waals surface area contributed by atoms with E-state index in [-0.39, 0.29) is 12.5 Å². The largest absolute Gasteiger partial charge is 0.481 e. The summed E-state index contributed by atoms with van der Waals surface area (Å²) in [5, 5.41) is 8.89. The maximum absolute atomic E-state index is 10.8. The quantitative estimate of drug-likeness (QED) is 0.819. The van der Waals surface area contributed by atoms with Crippen LogP contribution in [0.4, 0.5) is 0 Å². The Morgan fingerprint density at radius 1 is 1.47 bits per heavy atom. The number of benzene rings is 1. The number of carbonyl (C=O) groups is 1. The van der Waals surface area contributed by atoms with Gasteiger partial charge in [0.1, 0.15) is 0 Å². The van der Waals surface area contributed by atoms with Gasteiger partial charge in [0.15, 0.2) is 0 Å². The fourth-order valence-corrected chi connectivity index (χ4v) is 2.56. The Morgan fingerprint density at radius 2 is 2.21 bits per heavy atom. The van der Waals surface area contributed by atoms with E-state index in [0.29, 0.717) is 0 Å². The molecular formula is C16H23NO2. The predicted molar refractivity (Wildman–Crippen MR) is 76.2 cm³/mol. The van der Waals surface area contributed by atoms with Crippen molar-refractivity contribution in [1.82, 2.24) is 4.90 Å². The Hall–Kier alpha value is -1.35. The first kappa shape index (κ1) is 14.1. The molecule has 104 valence electrons. The summed E-state index contributed by atoms with van der Waals surface area (Å²) in [6.45, 7) is 5.79. The third-order valence-electron chi connectivity index (χ3n) is 3.89. The molecule has 1 unspecified atom stereocenters. The molecule has 0 aromatic heterocycles. The summed E-state index contributed by atoms with van der Waals surface area (Å²) < 4.78 is 0. The fraction of sp³-hybridized carbons (Fsp3) is 0.562. The summed E-state index contributed by atoms with van der Waals surface area (Å²) in [6, 6.07) is 8.83. The van der Waals surface area contributed by atoms with E-state index in [1.165, 1.54) is 24.0 Å². The number of aliphatic carboxylic acids is 1. The molecule has 19 heavy (non-hydrogen) atoms. The molecule has 1 aromatic carbocycles. The van der Waals surface area contributed by atoms with E-state index >= 15 is 0 Å². The van der Waals surface area contributed by atoms with Gasteiger partial charge in [-0.3, -0.25) is 9.69 Å². The minimum absolute atomic E-state index is 0.0760. The zero-order valence-electron chi connectivity index (χ0n) is 11.8. The Balaban J connectivity index is 2.00. The van der Waals surface area contributed by atoms with Crippen molar-refractivity contribution in [3.63, 3.8) is 0 Å². The molecule has 0 aliphatic heterocycles. The van der Waals surface area contributed by atoms with Crippen LogP contribution >= 0.6 is 0 Å². The molecule has 1 aliphatic rings. The van der Waals surface area contributed by atoms with Gasteiger partial charge >= 0.3 is 5.97 Å². The number of nitrogens with zero attached hydrogens (tertiary/aromatic N) is 1. The summed E-state index contributed by atoms with van der Waals surface area (Å²) in [7, 11) is 0. The Kier molecular flexibility index (Phi) is 4.59. The van der Waals surface area contributed by atoms with Crippen molar-refractivity contribution in [3.8, 4) is 0 Å². The number of carboxylic acids is 1. The minimum Gasteiger partial charge on any atom is -0.481 e. The van der Waals surface area contributed by atoms with Crippen LogP contribution in [0.3, 0.4) is 0 Å². The van der Waals surface area contributed by atoms with Gasteiger partial charge in [-0.2, -0.15) is 0 Å². The second-order valence-corrected chi connectivity index (χ2v) is 5.53. The highest BCUT2D eigenvalue weighted by atomic mass is 16.4. The summed E-state index contributed by atoms with van der Waals surface area (Å²) >= 11 is 0. The van der Waals surface area contributed by atoms with Crippen LogP contribution in [0.25, 0.3) is 0 Å². The third kappa shape index (κ3) is 4.06. The van der Waals surface area contributed by atoms with Crippen molar-refractivity contribution in [2.24, 2.45) is 0 Å². The van der Waals surface area contributed by atoms with Crippen LogP contribution in [0.5, 0.6) is 0 Å². The number of hydrogen-bond donors (Lipinski definition) is 1. The van der Waals surface area contributed by atoms with Crippen molar-refractivity contribution in [1.29, 1.82) is 0 Å². The normalized spacial score (nSPS) is 16.6. The summed E-state index contributed by atoms with van der Waals surface area (Å²) in [5.41, 5.74) is 2.74. The molecule has 0 saturated heterocycles. The monoisotopic (exact) mass is 261 g/mol. The summed E-state index contributed by atoms with van der Waals surface area (Å²) in [5.74, 6) is 0.0455. The molecule has 0 heterocycles. The van der Waals surface area contributed by atoms with E-state index in [0.717, 1.165) is 19.0 Å². The van der Waals surface area contributed by atoms with Crippen molar-refractivity contribution in [2.45, 2.75) is 51.6 Å². The highest BCUT2D eigenvalue weighted by Crippen LogP contribution is 2.40. The van der Waals surface area contributed by atoms with Crippen LogP contribution in [-0.4, -0.2) is 28.6 Å². The maximum Gasteiger partial charge on any atom is 0.304 e. The van der Waals surface area contributed by atoms with Crippen LogP contribution in [0.1, 0.15) is 50.2 Å². The second-order valence-electron chi connectivity index (χ2n) is 5.53. The standard InChI is InChI=1S/C16H23NO2/c1-3-17(12(2)9-16(18)19)11-13-5-4-6-15(10-13)14-7-8-14/h4-6,10,12,14H,3,7-9,11H2,1-2H3,(H,18,19). The molecule has 0 amide bonds. The lowest BCUT2D eigenvalue weighted by Gasteiger charge is -2.27. The molecule has 0 bridgehead atoms. The second kappa shape index (κ2) is 6.20. The first-order chi connectivity index (χ1) is 9.10. The fourth-order valence-electron chi connectivity index (χ4n) is 2.56. The van der Waals surface area contributed by atoms with Crippen molar-refractivity contribution in [3.05, 3.63) is 35.4 Å².